The number of fused-ring (bicyclic) bond motifs is 1. The third kappa shape index (κ3) is 3.93. The normalized spacial score (nSPS) is 11.3. The van der Waals surface area contributed by atoms with E-state index in [9.17, 15) is 4.79 Å². The fourth-order valence-corrected chi connectivity index (χ4v) is 3.61. The zero-order chi connectivity index (χ0) is 17.1. The Balaban J connectivity index is 2.52. The first-order chi connectivity index (χ1) is 10.8. The summed E-state index contributed by atoms with van der Waals surface area (Å²) in [6, 6.07) is 0. The number of unbranched alkanes of at least 4 members (excludes halogenated alkanes) is 1. The van der Waals surface area contributed by atoms with Crippen molar-refractivity contribution in [2.75, 3.05) is 18.5 Å². The summed E-state index contributed by atoms with van der Waals surface area (Å²) in [5.74, 6) is 0.449. The molecule has 0 amide bonds. The second-order valence-electron chi connectivity index (χ2n) is 5.78. The molecule has 2 aromatic heterocycles. The molecule has 0 atom stereocenters. The van der Waals surface area contributed by atoms with Crippen molar-refractivity contribution in [1.29, 1.82) is 0 Å². The minimum Gasteiger partial charge on any atom is -0.459 e. The summed E-state index contributed by atoms with van der Waals surface area (Å²) < 4.78 is 5.32. The summed E-state index contributed by atoms with van der Waals surface area (Å²) in [7, 11) is 1.98. The first kappa shape index (κ1) is 17.9. The lowest BCUT2D eigenvalue weighted by atomic mass is 10.2. The van der Waals surface area contributed by atoms with E-state index in [1.165, 1.54) is 11.3 Å². The van der Waals surface area contributed by atoms with Gasteiger partial charge in [-0.15, -0.1) is 11.3 Å². The number of aryl methyl sites for hydroxylation is 1. The number of hydrogen-bond donors (Lipinski definition) is 0. The van der Waals surface area contributed by atoms with Crippen LogP contribution >= 0.6 is 22.9 Å². The topological polar surface area (TPSA) is 55.3 Å². The minimum absolute atomic E-state index is 0.159. The molecule has 0 radical (unpaired) electrons. The number of rotatable bonds is 6. The van der Waals surface area contributed by atoms with E-state index in [1.807, 2.05) is 27.8 Å². The minimum atomic E-state index is -0.321. The highest BCUT2D eigenvalue weighted by Gasteiger charge is 2.23. The number of esters is 1. The molecular weight excluding hydrogens is 334 g/mol. The molecule has 0 aliphatic heterocycles. The van der Waals surface area contributed by atoms with Crippen molar-refractivity contribution in [3.8, 4) is 0 Å². The molecule has 7 heteroatoms. The predicted molar refractivity (Wildman–Crippen MR) is 95.9 cm³/mol. The van der Waals surface area contributed by atoms with Gasteiger partial charge in [-0.1, -0.05) is 13.3 Å². The highest BCUT2D eigenvalue weighted by molar-refractivity contribution is 7.20. The molecule has 0 N–H and O–H groups in total. The van der Waals surface area contributed by atoms with Crippen molar-refractivity contribution in [2.45, 2.75) is 46.6 Å². The standard InChI is InChI=1S/C16H22ClN3O2S/c1-6-7-8-20(5)13-11-10(4)12(15(21)22-9(2)3)23-14(11)19-16(17)18-13/h9H,6-8H2,1-5H3. The fourth-order valence-electron chi connectivity index (χ4n) is 2.33. The van der Waals surface area contributed by atoms with Gasteiger partial charge in [0, 0.05) is 13.6 Å². The van der Waals surface area contributed by atoms with Crippen molar-refractivity contribution >= 4 is 44.9 Å². The molecule has 0 saturated carbocycles. The van der Waals surface area contributed by atoms with Crippen LogP contribution in [0.3, 0.4) is 0 Å². The molecule has 2 aromatic rings. The Hall–Kier alpha value is -1.40. The van der Waals surface area contributed by atoms with Crippen LogP contribution in [0.2, 0.25) is 5.28 Å². The highest BCUT2D eigenvalue weighted by atomic mass is 35.5. The van der Waals surface area contributed by atoms with E-state index in [2.05, 4.69) is 21.8 Å². The number of ether oxygens (including phenoxy) is 1. The first-order valence-corrected chi connectivity index (χ1v) is 8.93. The highest BCUT2D eigenvalue weighted by Crippen LogP contribution is 2.36. The fraction of sp³-hybridized carbons (Fsp3) is 0.562. The van der Waals surface area contributed by atoms with Gasteiger partial charge in [-0.05, 0) is 44.4 Å². The van der Waals surface area contributed by atoms with Gasteiger partial charge in [-0.3, -0.25) is 0 Å². The molecular formula is C16H22ClN3O2S. The summed E-state index contributed by atoms with van der Waals surface area (Å²) >= 11 is 7.38. The maximum Gasteiger partial charge on any atom is 0.348 e. The molecule has 0 saturated heterocycles. The van der Waals surface area contributed by atoms with Gasteiger partial charge < -0.3 is 9.64 Å². The molecule has 0 unspecified atom stereocenters. The van der Waals surface area contributed by atoms with Gasteiger partial charge in [-0.25, -0.2) is 9.78 Å². The number of halogens is 1. The number of carbonyl (C=O) groups is 1. The molecule has 0 fully saturated rings. The van der Waals surface area contributed by atoms with Crippen LogP contribution in [0.4, 0.5) is 5.82 Å². The van der Waals surface area contributed by atoms with Gasteiger partial charge in [0.25, 0.3) is 0 Å². The van der Waals surface area contributed by atoms with E-state index >= 15 is 0 Å². The molecule has 0 aliphatic rings. The molecule has 2 rings (SSSR count). The van der Waals surface area contributed by atoms with Crippen molar-refractivity contribution in [2.24, 2.45) is 0 Å². The lowest BCUT2D eigenvalue weighted by Gasteiger charge is -2.19. The molecule has 0 aromatic carbocycles. The quantitative estimate of drug-likeness (QED) is 0.565. The first-order valence-electron chi connectivity index (χ1n) is 7.73. The summed E-state index contributed by atoms with van der Waals surface area (Å²) in [4.78, 5) is 24.3. The number of carbonyl (C=O) groups excluding carboxylic acids is 1. The lowest BCUT2D eigenvalue weighted by molar-refractivity contribution is 0.0383. The van der Waals surface area contributed by atoms with E-state index in [-0.39, 0.29) is 17.4 Å². The Kier molecular flexibility index (Phi) is 5.81. The van der Waals surface area contributed by atoms with Crippen molar-refractivity contribution in [1.82, 2.24) is 9.97 Å². The number of thiophene rings is 1. The Morgan fingerprint density at radius 2 is 2.09 bits per heavy atom. The van der Waals surface area contributed by atoms with Crippen LogP contribution in [0.5, 0.6) is 0 Å². The van der Waals surface area contributed by atoms with Crippen LogP contribution in [-0.4, -0.2) is 35.6 Å². The lowest BCUT2D eigenvalue weighted by Crippen LogP contribution is -2.20. The van der Waals surface area contributed by atoms with E-state index in [0.29, 0.717) is 4.88 Å². The molecule has 0 aliphatic carbocycles. The van der Waals surface area contributed by atoms with Gasteiger partial charge in [-0.2, -0.15) is 4.98 Å². The second-order valence-corrected chi connectivity index (χ2v) is 7.12. The number of anilines is 1. The number of hydrogen-bond acceptors (Lipinski definition) is 6. The Labute approximate surface area is 145 Å². The largest absolute Gasteiger partial charge is 0.459 e. The maximum atomic E-state index is 12.3. The predicted octanol–water partition coefficient (Wildman–Crippen LogP) is 4.45. The van der Waals surface area contributed by atoms with Crippen molar-refractivity contribution < 1.29 is 9.53 Å². The Morgan fingerprint density at radius 3 is 2.70 bits per heavy atom. The SMILES string of the molecule is CCCCN(C)c1nc(Cl)nc2sc(C(=O)OC(C)C)c(C)c12. The zero-order valence-electron chi connectivity index (χ0n) is 14.1. The van der Waals surface area contributed by atoms with Crippen LogP contribution in [0, 0.1) is 6.92 Å². The van der Waals surface area contributed by atoms with Crippen LogP contribution in [0.1, 0.15) is 48.8 Å². The van der Waals surface area contributed by atoms with Crippen molar-refractivity contribution in [3.63, 3.8) is 0 Å². The van der Waals surface area contributed by atoms with Crippen LogP contribution in [0.15, 0.2) is 0 Å². The maximum absolute atomic E-state index is 12.3. The smallest absolute Gasteiger partial charge is 0.348 e. The van der Waals surface area contributed by atoms with E-state index in [1.54, 1.807) is 0 Å². The van der Waals surface area contributed by atoms with Crippen LogP contribution < -0.4 is 4.90 Å². The molecule has 23 heavy (non-hydrogen) atoms. The third-order valence-electron chi connectivity index (χ3n) is 3.48. The van der Waals surface area contributed by atoms with Crippen molar-refractivity contribution in [3.05, 3.63) is 15.7 Å². The van der Waals surface area contributed by atoms with E-state index in [4.69, 9.17) is 16.3 Å². The summed E-state index contributed by atoms with van der Waals surface area (Å²) in [5.41, 5.74) is 0.852. The summed E-state index contributed by atoms with van der Waals surface area (Å²) in [6.07, 6.45) is 2.00. The average molecular weight is 356 g/mol. The summed E-state index contributed by atoms with van der Waals surface area (Å²) in [6.45, 7) is 8.60. The van der Waals surface area contributed by atoms with Gasteiger partial charge in [0.15, 0.2) is 0 Å². The third-order valence-corrected chi connectivity index (χ3v) is 4.82. The van der Waals surface area contributed by atoms with Crippen LogP contribution in [0.25, 0.3) is 10.2 Å². The van der Waals surface area contributed by atoms with Gasteiger partial charge in [0.1, 0.15) is 15.5 Å². The zero-order valence-corrected chi connectivity index (χ0v) is 15.7. The second kappa shape index (κ2) is 7.45. The van der Waals surface area contributed by atoms with E-state index in [0.717, 1.165) is 41.0 Å². The van der Waals surface area contributed by atoms with Gasteiger partial charge in [0.2, 0.25) is 5.28 Å². The molecule has 126 valence electrons. The molecule has 0 spiro atoms. The summed E-state index contributed by atoms with van der Waals surface area (Å²) in [5, 5.41) is 1.08. The van der Waals surface area contributed by atoms with Gasteiger partial charge in [0.05, 0.1) is 11.5 Å². The molecule has 2 heterocycles. The Bertz CT molecular complexity index is 715. The monoisotopic (exact) mass is 355 g/mol. The molecule has 0 bridgehead atoms. The Morgan fingerprint density at radius 1 is 1.39 bits per heavy atom. The molecule has 5 nitrogen and oxygen atoms in total. The van der Waals surface area contributed by atoms with Gasteiger partial charge >= 0.3 is 5.97 Å². The van der Waals surface area contributed by atoms with E-state index < -0.39 is 0 Å². The average Bonchev–Trinajstić information content (AvgIpc) is 2.80. The number of nitrogens with zero attached hydrogens (tertiary/aromatic N) is 3. The van der Waals surface area contributed by atoms with Crippen LogP contribution in [-0.2, 0) is 4.74 Å². The number of aromatic nitrogens is 2.